The molecule has 0 saturated carbocycles. The Balaban J connectivity index is -0.000000152. The van der Waals surface area contributed by atoms with Gasteiger partial charge in [0, 0.05) is 0 Å². The van der Waals surface area contributed by atoms with Gasteiger partial charge in [-0.1, -0.05) is 0 Å². The quantitative estimate of drug-likeness (QED) is 0.300. The zero-order chi connectivity index (χ0) is 23.1. The van der Waals surface area contributed by atoms with Crippen molar-refractivity contribution in [2.75, 3.05) is 17.3 Å². The fraction of sp³-hybridized carbons (Fsp3) is 1.00. The summed E-state index contributed by atoms with van der Waals surface area (Å²) in [7, 11) is -15.5. The Morgan fingerprint density at radius 1 is 0.464 bits per heavy atom. The van der Waals surface area contributed by atoms with Gasteiger partial charge < -0.3 is 13.7 Å². The van der Waals surface area contributed by atoms with Crippen molar-refractivity contribution < 1.29 is 98.5 Å². The first-order valence-electron chi connectivity index (χ1n) is 5.13. The van der Waals surface area contributed by atoms with Gasteiger partial charge in [-0.25, -0.2) is 25.3 Å². The third-order valence-corrected chi connectivity index (χ3v) is 3.06. The number of rotatable bonds is 3. The van der Waals surface area contributed by atoms with Crippen molar-refractivity contribution in [3.63, 3.8) is 0 Å². The van der Waals surface area contributed by atoms with Crippen LogP contribution >= 0.6 is 0 Å². The fourth-order valence-electron chi connectivity index (χ4n) is 0.601. The summed E-state index contributed by atoms with van der Waals surface area (Å²) in [4.78, 5) is 0. The summed E-state index contributed by atoms with van der Waals surface area (Å²) in [5.41, 5.74) is 0. The van der Waals surface area contributed by atoms with E-state index in [0.29, 0.717) is 0 Å². The van der Waals surface area contributed by atoms with Crippen molar-refractivity contribution in [2.45, 2.75) is 18.5 Å². The van der Waals surface area contributed by atoms with Gasteiger partial charge in [-0.05, 0) is 0 Å². The van der Waals surface area contributed by atoms with Crippen molar-refractivity contribution >= 4 is 30.4 Å². The van der Waals surface area contributed by atoms with Crippen LogP contribution in [0.15, 0.2) is 0 Å². The fourth-order valence-corrected chi connectivity index (χ4v) is 1.80. The molecule has 0 aliphatic rings. The molecule has 9 nitrogen and oxygen atoms in total. The second-order valence-corrected chi connectivity index (χ2v) is 8.16. The van der Waals surface area contributed by atoms with Crippen molar-refractivity contribution in [2.24, 2.45) is 0 Å². The van der Waals surface area contributed by atoms with E-state index in [2.05, 4.69) is 0 Å². The molecule has 0 aromatic heterocycles. The van der Waals surface area contributed by atoms with Gasteiger partial charge in [-0.15, -0.1) is 0 Å². The molecule has 0 aromatic carbocycles. The average Bonchev–Trinajstić information content (AvgIpc) is 1.96. The Morgan fingerprint density at radius 2 is 0.571 bits per heavy atom. The average molecular weight is 682 g/mol. The summed E-state index contributed by atoms with van der Waals surface area (Å²) in [5.74, 6) is -6.88. The van der Waals surface area contributed by atoms with Crippen LogP contribution in [0.5, 0.6) is 0 Å². The minimum Gasteiger partial charge on any atom is -0.748 e. The van der Waals surface area contributed by atoms with E-state index in [1.807, 2.05) is 0 Å². The van der Waals surface area contributed by atoms with E-state index in [1.54, 1.807) is 0 Å². The molecule has 0 heterocycles. The maximum Gasteiger partial charge on any atom is 3.00 e. The summed E-state index contributed by atoms with van der Waals surface area (Å²) < 4.78 is 183. The van der Waals surface area contributed by atoms with Crippen LogP contribution in [-0.2, 0) is 50.5 Å². The molecule has 22 heteroatoms. The molecule has 0 N–H and O–H groups in total. The Labute approximate surface area is 164 Å². The molecule has 0 atom stereocenters. The molecule has 0 amide bonds. The van der Waals surface area contributed by atoms with Gasteiger partial charge in [0.25, 0.3) is 0 Å². The van der Waals surface area contributed by atoms with E-state index >= 15 is 0 Å². The largest absolute Gasteiger partial charge is 3.00 e. The van der Waals surface area contributed by atoms with Crippen LogP contribution in [0.25, 0.3) is 0 Å². The van der Waals surface area contributed by atoms with Crippen LogP contribution in [0.3, 0.4) is 0 Å². The third-order valence-electron chi connectivity index (χ3n) is 1.02. The van der Waals surface area contributed by atoms with Gasteiger partial charge in [-0.3, -0.25) is 0 Å². The molecule has 174 valence electrons. The van der Waals surface area contributed by atoms with Crippen molar-refractivity contribution in [1.29, 1.82) is 0 Å². The number of hydrogen-bond acceptors (Lipinski definition) is 9. The minimum atomic E-state index is -5.16. The van der Waals surface area contributed by atoms with Gasteiger partial charge in [0.05, 0.1) is 0 Å². The summed E-state index contributed by atoms with van der Waals surface area (Å²) in [6.07, 6.45) is -14.7. The van der Waals surface area contributed by atoms with Crippen LogP contribution < -0.4 is 0 Å². The first-order chi connectivity index (χ1) is 11.1. The predicted molar refractivity (Wildman–Crippen MR) is 61.9 cm³/mol. The van der Waals surface area contributed by atoms with Crippen molar-refractivity contribution in [3.8, 4) is 0 Å². The number of halogens is 9. The van der Waals surface area contributed by atoms with Gasteiger partial charge in [0.1, 0.15) is 47.6 Å². The van der Waals surface area contributed by atoms with E-state index in [-0.39, 0.29) is 20.1 Å². The molecule has 0 bridgehead atoms. The summed E-state index contributed by atoms with van der Waals surface area (Å²) in [6, 6.07) is 0. The van der Waals surface area contributed by atoms with Crippen LogP contribution in [0, 0.1) is 0 Å². The molecule has 0 spiro atoms. The smallest absolute Gasteiger partial charge is 0.748 e. The zero-order valence-corrected chi connectivity index (χ0v) is 17.1. The van der Waals surface area contributed by atoms with E-state index < -0.39 is 66.1 Å². The molecule has 0 aromatic rings. The summed E-state index contributed by atoms with van der Waals surface area (Å²) in [6.45, 7) is 0. The van der Waals surface area contributed by atoms with Crippen LogP contribution in [-0.4, -0.2) is 74.7 Å². The first-order valence-corrected chi connectivity index (χ1v) is 9.86. The SMILES string of the molecule is O=S(=O)([O-])CC(F)(F)F.O=S(=O)([O-])CC(F)(F)F.O=S(=O)([O-])CC(F)(F)F.[Ir+3]. The molecule has 28 heavy (non-hydrogen) atoms. The Hall–Kier alpha value is -0.251. The Kier molecular flexibility index (Phi) is 14.9. The summed E-state index contributed by atoms with van der Waals surface area (Å²) >= 11 is 0. The maximum absolute atomic E-state index is 11.0. The summed E-state index contributed by atoms with van der Waals surface area (Å²) in [5, 5.41) is 0. The monoisotopic (exact) mass is 682 g/mol. The molecule has 0 aliphatic carbocycles. The van der Waals surface area contributed by atoms with Crippen molar-refractivity contribution in [1.82, 2.24) is 0 Å². The van der Waals surface area contributed by atoms with Crippen molar-refractivity contribution in [3.05, 3.63) is 0 Å². The van der Waals surface area contributed by atoms with Gasteiger partial charge in [-0.2, -0.15) is 39.5 Å². The Bertz CT molecular complexity index is 644. The molecule has 0 fully saturated rings. The molecule has 0 rings (SSSR count). The molecule has 0 radical (unpaired) electrons. The first kappa shape index (κ1) is 35.2. The standard InChI is InChI=1S/3C2H3F3O3S.Ir/c3*3-2(4,5)1-9(6,7)8;/h3*1H2,(H,6,7,8);/q;;;+3/p-3. The van der Waals surface area contributed by atoms with E-state index in [4.69, 9.17) is 0 Å². The molecule has 0 saturated heterocycles. The second-order valence-electron chi connectivity index (χ2n) is 3.95. The molecular weight excluding hydrogens is 675 g/mol. The van der Waals surface area contributed by atoms with Crippen LogP contribution in [0.2, 0.25) is 0 Å². The predicted octanol–water partition coefficient (Wildman–Crippen LogP) is 0.279. The number of alkyl halides is 9. The topological polar surface area (TPSA) is 172 Å². The third kappa shape index (κ3) is 50.1. The zero-order valence-electron chi connectivity index (χ0n) is 12.3. The van der Waals surface area contributed by atoms with E-state index in [1.165, 1.54) is 0 Å². The molecular formula is C6H6F9IrO9S3. The minimum absolute atomic E-state index is 0. The Morgan fingerprint density at radius 3 is 0.571 bits per heavy atom. The number of hydrogen-bond donors (Lipinski definition) is 0. The van der Waals surface area contributed by atoms with Crippen LogP contribution in [0.1, 0.15) is 0 Å². The normalized spacial score (nSPS) is 13.3. The van der Waals surface area contributed by atoms with E-state index in [9.17, 15) is 78.4 Å². The van der Waals surface area contributed by atoms with Gasteiger partial charge >= 0.3 is 38.6 Å². The molecule has 0 unspecified atom stereocenters. The van der Waals surface area contributed by atoms with E-state index in [0.717, 1.165) is 0 Å². The van der Waals surface area contributed by atoms with Crippen LogP contribution in [0.4, 0.5) is 39.5 Å². The second kappa shape index (κ2) is 11.8. The van der Waals surface area contributed by atoms with Gasteiger partial charge in [0.15, 0.2) is 0 Å². The van der Waals surface area contributed by atoms with Gasteiger partial charge in [0.2, 0.25) is 0 Å². The maximum atomic E-state index is 11.0. The molecule has 0 aliphatic heterocycles.